The monoisotopic (exact) mass is 254 g/mol. The van der Waals surface area contributed by atoms with E-state index in [0.29, 0.717) is 24.8 Å². The van der Waals surface area contributed by atoms with E-state index < -0.39 is 0 Å². The number of rotatable bonds is 5. The second-order valence-corrected chi connectivity index (χ2v) is 4.24. The van der Waals surface area contributed by atoms with Gasteiger partial charge in [-0.2, -0.15) is 0 Å². The normalized spacial score (nSPS) is 23.8. The Balaban J connectivity index is 1.84. The molecule has 0 unspecified atom stereocenters. The number of hydrogen-bond donors (Lipinski definition) is 0. The minimum Gasteiger partial charge on any atom is -0.375 e. The highest BCUT2D eigenvalue weighted by molar-refractivity contribution is 6.30. The van der Waals surface area contributed by atoms with Crippen LogP contribution >= 0.6 is 11.6 Å². The Labute approximate surface area is 106 Å². The van der Waals surface area contributed by atoms with E-state index in [2.05, 4.69) is 6.58 Å². The van der Waals surface area contributed by atoms with Gasteiger partial charge in [0, 0.05) is 10.6 Å². The van der Waals surface area contributed by atoms with Gasteiger partial charge in [0.2, 0.25) is 0 Å². The van der Waals surface area contributed by atoms with Gasteiger partial charge in [0.25, 0.3) is 0 Å². The van der Waals surface area contributed by atoms with Gasteiger partial charge in [-0.3, -0.25) is 0 Å². The molecule has 3 nitrogen and oxygen atoms in total. The Bertz CT molecular complexity index is 363. The second-order valence-electron chi connectivity index (χ2n) is 3.80. The average Bonchev–Trinajstić information content (AvgIpc) is 2.79. The summed E-state index contributed by atoms with van der Waals surface area (Å²) in [4.78, 5) is 0. The van der Waals surface area contributed by atoms with Gasteiger partial charge in [-0.1, -0.05) is 29.8 Å². The van der Waals surface area contributed by atoms with E-state index in [1.54, 1.807) is 6.08 Å². The van der Waals surface area contributed by atoms with Gasteiger partial charge in [0.15, 0.2) is 6.29 Å². The molecule has 0 saturated carbocycles. The lowest BCUT2D eigenvalue weighted by atomic mass is 10.2. The third-order valence-corrected chi connectivity index (χ3v) is 2.68. The zero-order valence-corrected chi connectivity index (χ0v) is 10.2. The summed E-state index contributed by atoms with van der Waals surface area (Å²) in [7, 11) is 0. The van der Waals surface area contributed by atoms with Crippen LogP contribution in [0.5, 0.6) is 0 Å². The lowest BCUT2D eigenvalue weighted by Gasteiger charge is -2.11. The van der Waals surface area contributed by atoms with Crippen molar-refractivity contribution in [3.05, 3.63) is 47.5 Å². The fraction of sp³-hybridized carbons (Fsp3) is 0.385. The Morgan fingerprint density at radius 2 is 2.18 bits per heavy atom. The molecule has 17 heavy (non-hydrogen) atoms. The van der Waals surface area contributed by atoms with Crippen molar-refractivity contribution in [3.8, 4) is 0 Å². The molecule has 0 spiro atoms. The molecule has 1 aromatic rings. The lowest BCUT2D eigenvalue weighted by molar-refractivity contribution is -0.0722. The maximum absolute atomic E-state index is 5.82. The van der Waals surface area contributed by atoms with Gasteiger partial charge in [-0.05, 0) is 12.1 Å². The van der Waals surface area contributed by atoms with Crippen LogP contribution in [0, 0.1) is 0 Å². The molecule has 0 bridgehead atoms. The Morgan fingerprint density at radius 3 is 2.88 bits per heavy atom. The molecule has 92 valence electrons. The predicted molar refractivity (Wildman–Crippen MR) is 66.0 cm³/mol. The third kappa shape index (κ3) is 3.54. The van der Waals surface area contributed by atoms with Gasteiger partial charge < -0.3 is 14.2 Å². The van der Waals surface area contributed by atoms with Crippen molar-refractivity contribution < 1.29 is 14.2 Å². The second kappa shape index (κ2) is 6.17. The fourth-order valence-corrected chi connectivity index (χ4v) is 1.74. The van der Waals surface area contributed by atoms with Crippen LogP contribution in [-0.4, -0.2) is 25.9 Å². The van der Waals surface area contributed by atoms with Crippen molar-refractivity contribution >= 4 is 11.6 Å². The molecule has 2 atom stereocenters. The van der Waals surface area contributed by atoms with Gasteiger partial charge in [0.1, 0.15) is 6.10 Å². The van der Waals surface area contributed by atoms with Crippen LogP contribution in [-0.2, 0) is 14.2 Å². The van der Waals surface area contributed by atoms with E-state index in [9.17, 15) is 0 Å². The molecule has 1 heterocycles. The first kappa shape index (κ1) is 12.6. The van der Waals surface area contributed by atoms with Crippen LogP contribution in [0.1, 0.15) is 11.9 Å². The van der Waals surface area contributed by atoms with E-state index in [4.69, 9.17) is 25.8 Å². The summed E-state index contributed by atoms with van der Waals surface area (Å²) in [6.45, 7) is 5.19. The number of hydrogen-bond acceptors (Lipinski definition) is 3. The summed E-state index contributed by atoms with van der Waals surface area (Å²) in [5, 5.41) is 0.706. The largest absolute Gasteiger partial charge is 0.375 e. The van der Waals surface area contributed by atoms with Gasteiger partial charge >= 0.3 is 0 Å². The topological polar surface area (TPSA) is 27.7 Å². The lowest BCUT2D eigenvalue weighted by Crippen LogP contribution is -2.17. The summed E-state index contributed by atoms with van der Waals surface area (Å²) >= 11 is 5.82. The van der Waals surface area contributed by atoms with Crippen molar-refractivity contribution in [2.75, 3.05) is 19.8 Å². The molecule has 1 aromatic carbocycles. The average molecular weight is 255 g/mol. The Morgan fingerprint density at radius 1 is 1.41 bits per heavy atom. The van der Waals surface area contributed by atoms with E-state index in [0.717, 1.165) is 5.56 Å². The van der Waals surface area contributed by atoms with Crippen LogP contribution in [0.15, 0.2) is 36.9 Å². The smallest absolute Gasteiger partial charge is 0.184 e. The number of ether oxygens (including phenoxy) is 3. The van der Waals surface area contributed by atoms with Gasteiger partial charge in [0.05, 0.1) is 19.8 Å². The summed E-state index contributed by atoms with van der Waals surface area (Å²) < 4.78 is 16.6. The predicted octanol–water partition coefficient (Wildman–Crippen LogP) is 2.96. The molecule has 0 amide bonds. The quantitative estimate of drug-likeness (QED) is 0.597. The first-order chi connectivity index (χ1) is 8.29. The van der Waals surface area contributed by atoms with Crippen molar-refractivity contribution in [2.24, 2.45) is 0 Å². The van der Waals surface area contributed by atoms with Crippen LogP contribution < -0.4 is 0 Å². The van der Waals surface area contributed by atoms with E-state index >= 15 is 0 Å². The molecule has 1 aliphatic heterocycles. The molecule has 1 fully saturated rings. The molecule has 0 aromatic heterocycles. The summed E-state index contributed by atoms with van der Waals surface area (Å²) in [6, 6.07) is 7.45. The molecule has 0 radical (unpaired) electrons. The standard InChI is InChI=1S/C13H15ClO3/c1-2-7-15-8-12-9-16-13(17-12)10-3-5-11(14)6-4-10/h2-6,12-13H,1,7-9H2/t12-,13-/m1/s1. The molecule has 0 N–H and O–H groups in total. The molecule has 2 rings (SSSR count). The first-order valence-electron chi connectivity index (χ1n) is 5.51. The zero-order chi connectivity index (χ0) is 12.1. The first-order valence-corrected chi connectivity index (χ1v) is 5.88. The molecule has 1 aliphatic rings. The molecular formula is C13H15ClO3. The van der Waals surface area contributed by atoms with Crippen LogP contribution in [0.4, 0.5) is 0 Å². The minimum absolute atomic E-state index is 0.0179. The minimum atomic E-state index is -0.315. The van der Waals surface area contributed by atoms with Crippen LogP contribution in [0.2, 0.25) is 5.02 Å². The van der Waals surface area contributed by atoms with E-state index in [1.807, 2.05) is 24.3 Å². The molecule has 1 saturated heterocycles. The van der Waals surface area contributed by atoms with Gasteiger partial charge in [-0.25, -0.2) is 0 Å². The maximum Gasteiger partial charge on any atom is 0.184 e. The van der Waals surface area contributed by atoms with Crippen molar-refractivity contribution in [2.45, 2.75) is 12.4 Å². The van der Waals surface area contributed by atoms with E-state index in [1.165, 1.54) is 0 Å². The molecule has 0 aliphatic carbocycles. The summed E-state index contributed by atoms with van der Waals surface area (Å²) in [6.07, 6.45) is 1.38. The Kier molecular flexibility index (Phi) is 4.57. The van der Waals surface area contributed by atoms with Gasteiger partial charge in [-0.15, -0.1) is 6.58 Å². The zero-order valence-electron chi connectivity index (χ0n) is 9.47. The number of halogens is 1. The van der Waals surface area contributed by atoms with Crippen molar-refractivity contribution in [1.29, 1.82) is 0 Å². The Hall–Kier alpha value is -0.870. The van der Waals surface area contributed by atoms with Crippen LogP contribution in [0.3, 0.4) is 0 Å². The van der Waals surface area contributed by atoms with Crippen molar-refractivity contribution in [1.82, 2.24) is 0 Å². The van der Waals surface area contributed by atoms with Crippen molar-refractivity contribution in [3.63, 3.8) is 0 Å². The van der Waals surface area contributed by atoms with Crippen LogP contribution in [0.25, 0.3) is 0 Å². The van der Waals surface area contributed by atoms with E-state index in [-0.39, 0.29) is 12.4 Å². The maximum atomic E-state index is 5.82. The highest BCUT2D eigenvalue weighted by atomic mass is 35.5. The SMILES string of the molecule is C=CCOC[C@@H]1CO[C@@H](c2ccc(Cl)cc2)O1. The highest BCUT2D eigenvalue weighted by Crippen LogP contribution is 2.27. The summed E-state index contributed by atoms with van der Waals surface area (Å²) in [5.74, 6) is 0. The molecule has 4 heteroatoms. The highest BCUT2D eigenvalue weighted by Gasteiger charge is 2.27. The summed E-state index contributed by atoms with van der Waals surface area (Å²) in [5.41, 5.74) is 0.973. The molecular weight excluding hydrogens is 240 g/mol. The fourth-order valence-electron chi connectivity index (χ4n) is 1.61. The number of benzene rings is 1. The third-order valence-electron chi connectivity index (χ3n) is 2.43.